The van der Waals surface area contributed by atoms with Crippen molar-refractivity contribution in [1.29, 1.82) is 5.26 Å². The topological polar surface area (TPSA) is 92.8 Å². The van der Waals surface area contributed by atoms with Crippen LogP contribution in [0.25, 0.3) is 0 Å². The highest BCUT2D eigenvalue weighted by molar-refractivity contribution is 5.82. The predicted octanol–water partition coefficient (Wildman–Crippen LogP) is 2.69. The second-order valence-electron chi connectivity index (χ2n) is 5.90. The largest absolute Gasteiger partial charge is 0.450 e. The SMILES string of the molecule is CCOC(=O)Nc1nc2n(n1)CC(c1ccc(C#N)cc1)C(C)C2. The number of ether oxygens (including phenoxy) is 1. The van der Waals surface area contributed by atoms with Crippen molar-refractivity contribution in [1.82, 2.24) is 14.8 Å². The van der Waals surface area contributed by atoms with E-state index < -0.39 is 6.09 Å². The summed E-state index contributed by atoms with van der Waals surface area (Å²) < 4.78 is 6.68. The lowest BCUT2D eigenvalue weighted by molar-refractivity contribution is 0.167. The molecule has 0 saturated carbocycles. The smallest absolute Gasteiger partial charge is 0.414 e. The molecule has 1 aliphatic rings. The quantitative estimate of drug-likeness (QED) is 0.936. The molecule has 1 aromatic heterocycles. The van der Waals surface area contributed by atoms with Crippen molar-refractivity contribution >= 4 is 12.0 Å². The summed E-state index contributed by atoms with van der Waals surface area (Å²) in [5.41, 5.74) is 1.84. The average molecular weight is 325 g/mol. The summed E-state index contributed by atoms with van der Waals surface area (Å²) >= 11 is 0. The Morgan fingerprint density at radius 2 is 2.21 bits per heavy atom. The van der Waals surface area contributed by atoms with Crippen LogP contribution in [-0.2, 0) is 17.7 Å². The normalized spacial score (nSPS) is 19.2. The number of hydrogen-bond donors (Lipinski definition) is 1. The first-order chi connectivity index (χ1) is 11.6. The molecule has 1 N–H and O–H groups in total. The molecule has 0 aliphatic carbocycles. The van der Waals surface area contributed by atoms with E-state index in [4.69, 9.17) is 10.00 Å². The Balaban J connectivity index is 1.78. The second-order valence-corrected chi connectivity index (χ2v) is 5.90. The molecule has 3 rings (SSSR count). The molecule has 24 heavy (non-hydrogen) atoms. The summed E-state index contributed by atoms with van der Waals surface area (Å²) in [4.78, 5) is 15.9. The number of carbonyl (C=O) groups excluding carboxylic acids is 1. The lowest BCUT2D eigenvalue weighted by Crippen LogP contribution is -2.27. The molecule has 0 saturated heterocycles. The molecule has 1 amide bonds. The van der Waals surface area contributed by atoms with Gasteiger partial charge in [-0.25, -0.2) is 9.48 Å². The number of nitrogens with zero attached hydrogens (tertiary/aromatic N) is 4. The minimum atomic E-state index is -0.544. The van der Waals surface area contributed by atoms with Gasteiger partial charge in [0, 0.05) is 12.3 Å². The van der Waals surface area contributed by atoms with Crippen molar-refractivity contribution < 1.29 is 9.53 Å². The molecule has 2 heterocycles. The first-order valence-electron chi connectivity index (χ1n) is 7.98. The molecule has 0 bridgehead atoms. The molecule has 0 radical (unpaired) electrons. The molecule has 7 nitrogen and oxygen atoms in total. The third-order valence-corrected chi connectivity index (χ3v) is 4.27. The van der Waals surface area contributed by atoms with Gasteiger partial charge in [-0.15, -0.1) is 5.10 Å². The summed E-state index contributed by atoms with van der Waals surface area (Å²) in [6.45, 7) is 4.92. The van der Waals surface area contributed by atoms with Crippen LogP contribution < -0.4 is 5.32 Å². The number of fused-ring (bicyclic) bond motifs is 1. The van der Waals surface area contributed by atoms with Gasteiger partial charge in [0.1, 0.15) is 5.82 Å². The number of amides is 1. The Kier molecular flexibility index (Phi) is 4.47. The first-order valence-corrected chi connectivity index (χ1v) is 7.98. The van der Waals surface area contributed by atoms with Crippen LogP contribution in [0.3, 0.4) is 0 Å². The highest BCUT2D eigenvalue weighted by Gasteiger charge is 2.29. The zero-order valence-corrected chi connectivity index (χ0v) is 13.7. The summed E-state index contributed by atoms with van der Waals surface area (Å²) in [7, 11) is 0. The third kappa shape index (κ3) is 3.23. The molecule has 1 aromatic carbocycles. The van der Waals surface area contributed by atoms with Gasteiger partial charge in [0.25, 0.3) is 5.95 Å². The van der Waals surface area contributed by atoms with Gasteiger partial charge in [0.15, 0.2) is 0 Å². The van der Waals surface area contributed by atoms with Crippen LogP contribution in [0.1, 0.15) is 36.7 Å². The molecular weight excluding hydrogens is 306 g/mol. The van der Waals surface area contributed by atoms with Crippen molar-refractivity contribution in [2.75, 3.05) is 11.9 Å². The molecule has 1 aliphatic heterocycles. The lowest BCUT2D eigenvalue weighted by atomic mass is 9.82. The van der Waals surface area contributed by atoms with E-state index in [2.05, 4.69) is 28.4 Å². The highest BCUT2D eigenvalue weighted by atomic mass is 16.5. The van der Waals surface area contributed by atoms with Crippen molar-refractivity contribution in [3.63, 3.8) is 0 Å². The number of carbonyl (C=O) groups is 1. The van der Waals surface area contributed by atoms with Gasteiger partial charge in [-0.3, -0.25) is 5.32 Å². The molecular formula is C17H19N5O2. The Bertz CT molecular complexity index is 775. The van der Waals surface area contributed by atoms with E-state index in [0.717, 1.165) is 12.2 Å². The summed E-state index contributed by atoms with van der Waals surface area (Å²) in [6.07, 6.45) is 0.236. The fraction of sp³-hybridized carbons (Fsp3) is 0.412. The number of benzene rings is 1. The fourth-order valence-electron chi connectivity index (χ4n) is 3.02. The van der Waals surface area contributed by atoms with E-state index in [1.54, 1.807) is 6.92 Å². The van der Waals surface area contributed by atoms with Crippen LogP contribution in [0.4, 0.5) is 10.7 Å². The van der Waals surface area contributed by atoms with Gasteiger partial charge in [-0.2, -0.15) is 10.2 Å². The Hall–Kier alpha value is -2.88. The highest BCUT2D eigenvalue weighted by Crippen LogP contribution is 2.33. The summed E-state index contributed by atoms with van der Waals surface area (Å²) in [5, 5.41) is 15.8. The average Bonchev–Trinajstić information content (AvgIpc) is 2.95. The number of nitrogens with one attached hydrogen (secondary N) is 1. The maximum absolute atomic E-state index is 11.5. The monoisotopic (exact) mass is 325 g/mol. The zero-order chi connectivity index (χ0) is 17.1. The second kappa shape index (κ2) is 6.71. The Morgan fingerprint density at radius 1 is 1.46 bits per heavy atom. The van der Waals surface area contributed by atoms with Crippen LogP contribution in [0.5, 0.6) is 0 Å². The molecule has 7 heteroatoms. The van der Waals surface area contributed by atoms with Crippen LogP contribution in [0.15, 0.2) is 24.3 Å². The fourth-order valence-corrected chi connectivity index (χ4v) is 3.02. The standard InChI is InChI=1S/C17H19N5O2/c1-3-24-17(23)20-16-19-15-8-11(2)14(10-22(15)21-16)13-6-4-12(9-18)5-7-13/h4-7,11,14H,3,8,10H2,1-2H3,(H,20,21,23). The minimum Gasteiger partial charge on any atom is -0.450 e. The Labute approximate surface area is 140 Å². The number of anilines is 1. The van der Waals surface area contributed by atoms with Crippen molar-refractivity contribution in [2.45, 2.75) is 32.7 Å². The molecule has 2 unspecified atom stereocenters. The van der Waals surface area contributed by atoms with Gasteiger partial charge in [-0.1, -0.05) is 19.1 Å². The van der Waals surface area contributed by atoms with Gasteiger partial charge < -0.3 is 4.74 Å². The van der Waals surface area contributed by atoms with Crippen molar-refractivity contribution in [3.05, 3.63) is 41.2 Å². The molecule has 2 aromatic rings. The number of hydrogen-bond acceptors (Lipinski definition) is 5. The maximum Gasteiger partial charge on any atom is 0.414 e. The molecule has 124 valence electrons. The van der Waals surface area contributed by atoms with Gasteiger partial charge in [-0.05, 0) is 30.5 Å². The first kappa shape index (κ1) is 16.0. The number of nitriles is 1. The number of rotatable bonds is 3. The summed E-state index contributed by atoms with van der Waals surface area (Å²) in [5.74, 6) is 1.82. The van der Waals surface area contributed by atoms with E-state index in [9.17, 15) is 4.79 Å². The van der Waals surface area contributed by atoms with Crippen molar-refractivity contribution in [2.24, 2.45) is 5.92 Å². The van der Waals surface area contributed by atoms with E-state index in [0.29, 0.717) is 30.6 Å². The molecule has 0 fully saturated rings. The predicted molar refractivity (Wildman–Crippen MR) is 87.4 cm³/mol. The zero-order valence-electron chi connectivity index (χ0n) is 13.7. The van der Waals surface area contributed by atoms with E-state index in [1.807, 2.05) is 28.9 Å². The van der Waals surface area contributed by atoms with Crippen LogP contribution in [0, 0.1) is 17.2 Å². The van der Waals surface area contributed by atoms with Crippen LogP contribution >= 0.6 is 0 Å². The minimum absolute atomic E-state index is 0.274. The lowest BCUT2D eigenvalue weighted by Gasteiger charge is -2.29. The van der Waals surface area contributed by atoms with Gasteiger partial charge >= 0.3 is 6.09 Å². The van der Waals surface area contributed by atoms with Crippen LogP contribution in [0.2, 0.25) is 0 Å². The third-order valence-electron chi connectivity index (χ3n) is 4.27. The summed E-state index contributed by atoms with van der Waals surface area (Å²) in [6, 6.07) is 9.81. The Morgan fingerprint density at radius 3 is 2.88 bits per heavy atom. The van der Waals surface area contributed by atoms with Crippen LogP contribution in [-0.4, -0.2) is 27.5 Å². The van der Waals surface area contributed by atoms with Gasteiger partial charge in [0.05, 0.1) is 24.8 Å². The maximum atomic E-state index is 11.5. The molecule has 0 spiro atoms. The van der Waals surface area contributed by atoms with E-state index >= 15 is 0 Å². The molecule has 2 atom stereocenters. The van der Waals surface area contributed by atoms with Crippen molar-refractivity contribution in [3.8, 4) is 6.07 Å². The number of aromatic nitrogens is 3. The van der Waals surface area contributed by atoms with Gasteiger partial charge in [0.2, 0.25) is 0 Å². The van der Waals surface area contributed by atoms with E-state index in [-0.39, 0.29) is 5.95 Å². The van der Waals surface area contributed by atoms with E-state index in [1.165, 1.54) is 5.56 Å².